The molecule has 1 unspecified atom stereocenters. The van der Waals surface area contributed by atoms with Crippen molar-refractivity contribution >= 4 is 21.6 Å². The van der Waals surface area contributed by atoms with Crippen LogP contribution in [-0.4, -0.2) is 31.2 Å². The molecule has 2 aliphatic rings. The maximum atomic E-state index is 13.4. The van der Waals surface area contributed by atoms with Crippen LogP contribution in [0, 0.1) is 5.92 Å². The van der Waals surface area contributed by atoms with Crippen LogP contribution in [-0.2, 0) is 26.8 Å². The van der Waals surface area contributed by atoms with Gasteiger partial charge in [-0.1, -0.05) is 31.4 Å². The summed E-state index contributed by atoms with van der Waals surface area (Å²) in [4.78, 5) is 13.4. The molecule has 0 saturated heterocycles. The normalized spacial score (nSPS) is 19.8. The summed E-state index contributed by atoms with van der Waals surface area (Å²) < 4.78 is 27.8. The SMILES string of the molecule is CS(=O)(=O)Nc1cccc(C2(C(=O)NC(Cn3cccc3)C3CCCCC3)CC2)c1. The van der Waals surface area contributed by atoms with Gasteiger partial charge >= 0.3 is 0 Å². The molecule has 1 aromatic carbocycles. The minimum Gasteiger partial charge on any atom is -0.352 e. The number of carbonyl (C=O) groups is 1. The monoisotopic (exact) mass is 429 g/mol. The predicted octanol–water partition coefficient (Wildman–Crippen LogP) is 3.66. The number of amides is 1. The lowest BCUT2D eigenvalue weighted by molar-refractivity contribution is -0.124. The molecule has 1 atom stereocenters. The van der Waals surface area contributed by atoms with Crippen molar-refractivity contribution in [3.05, 3.63) is 54.4 Å². The van der Waals surface area contributed by atoms with Gasteiger partial charge in [0.25, 0.3) is 0 Å². The molecule has 2 N–H and O–H groups in total. The van der Waals surface area contributed by atoms with Gasteiger partial charge in [-0.15, -0.1) is 0 Å². The molecule has 1 heterocycles. The molecule has 0 radical (unpaired) electrons. The Morgan fingerprint density at radius 2 is 1.83 bits per heavy atom. The second-order valence-corrected chi connectivity index (χ2v) is 10.6. The molecule has 2 fully saturated rings. The van der Waals surface area contributed by atoms with Gasteiger partial charge in [0.2, 0.25) is 15.9 Å². The number of sulfonamides is 1. The second-order valence-electron chi connectivity index (χ2n) is 8.90. The minimum absolute atomic E-state index is 0.0711. The van der Waals surface area contributed by atoms with E-state index in [1.165, 1.54) is 19.3 Å². The van der Waals surface area contributed by atoms with Crippen molar-refractivity contribution in [2.45, 2.75) is 62.9 Å². The zero-order valence-electron chi connectivity index (χ0n) is 17.5. The first-order chi connectivity index (χ1) is 14.4. The Hall–Kier alpha value is -2.28. The standard InChI is InChI=1S/C23H31N3O3S/c1-30(28,29)25-20-11-7-10-19(16-20)23(12-13-23)22(27)24-21(17-26-14-5-6-15-26)18-8-3-2-4-9-18/h5-7,10-11,14-16,18,21,25H,2-4,8-9,12-13,17H2,1H3,(H,24,27). The summed E-state index contributed by atoms with van der Waals surface area (Å²) in [6.07, 6.45) is 12.9. The van der Waals surface area contributed by atoms with E-state index >= 15 is 0 Å². The average molecular weight is 430 g/mol. The zero-order chi connectivity index (χ0) is 21.2. The highest BCUT2D eigenvalue weighted by Crippen LogP contribution is 2.49. The number of benzene rings is 1. The molecule has 162 valence electrons. The van der Waals surface area contributed by atoms with Gasteiger partial charge in [-0.25, -0.2) is 8.42 Å². The van der Waals surface area contributed by atoms with Gasteiger partial charge in [-0.2, -0.15) is 0 Å². The third-order valence-electron chi connectivity index (χ3n) is 6.51. The van der Waals surface area contributed by atoms with Crippen molar-refractivity contribution in [1.82, 2.24) is 9.88 Å². The van der Waals surface area contributed by atoms with Crippen molar-refractivity contribution in [2.75, 3.05) is 11.0 Å². The van der Waals surface area contributed by atoms with E-state index in [9.17, 15) is 13.2 Å². The molecular formula is C23H31N3O3S. The van der Waals surface area contributed by atoms with E-state index in [0.29, 0.717) is 11.6 Å². The van der Waals surface area contributed by atoms with Crippen LogP contribution in [0.4, 0.5) is 5.69 Å². The summed E-state index contributed by atoms with van der Waals surface area (Å²) in [5.41, 5.74) is 0.848. The number of aromatic nitrogens is 1. The third-order valence-corrected chi connectivity index (χ3v) is 7.12. The van der Waals surface area contributed by atoms with E-state index in [-0.39, 0.29) is 11.9 Å². The quantitative estimate of drug-likeness (QED) is 0.672. The largest absolute Gasteiger partial charge is 0.352 e. The van der Waals surface area contributed by atoms with Crippen LogP contribution in [0.1, 0.15) is 50.5 Å². The van der Waals surface area contributed by atoms with Crippen LogP contribution in [0.2, 0.25) is 0 Å². The highest BCUT2D eigenvalue weighted by molar-refractivity contribution is 7.92. The summed E-state index contributed by atoms with van der Waals surface area (Å²) in [6.45, 7) is 0.787. The fourth-order valence-corrected chi connectivity index (χ4v) is 5.30. The fraction of sp³-hybridized carbons (Fsp3) is 0.522. The van der Waals surface area contributed by atoms with E-state index in [2.05, 4.69) is 27.0 Å². The zero-order valence-corrected chi connectivity index (χ0v) is 18.3. The van der Waals surface area contributed by atoms with Gasteiger partial charge < -0.3 is 9.88 Å². The number of rotatable bonds is 8. The number of anilines is 1. The fourth-order valence-electron chi connectivity index (χ4n) is 4.74. The van der Waals surface area contributed by atoms with E-state index in [4.69, 9.17) is 0 Å². The Bertz CT molecular complexity index is 975. The molecule has 30 heavy (non-hydrogen) atoms. The molecule has 0 spiro atoms. The van der Waals surface area contributed by atoms with Crippen LogP contribution >= 0.6 is 0 Å². The molecular weight excluding hydrogens is 398 g/mol. The first-order valence-corrected chi connectivity index (χ1v) is 12.7. The minimum atomic E-state index is -3.36. The Balaban J connectivity index is 1.52. The molecule has 1 amide bonds. The van der Waals surface area contributed by atoms with Crippen LogP contribution in [0.15, 0.2) is 48.8 Å². The van der Waals surface area contributed by atoms with Gasteiger partial charge in [-0.05, 0) is 61.4 Å². The summed E-state index contributed by atoms with van der Waals surface area (Å²) in [7, 11) is -3.36. The molecule has 2 saturated carbocycles. The molecule has 2 aromatic rings. The Morgan fingerprint density at radius 3 is 2.47 bits per heavy atom. The number of nitrogens with one attached hydrogen (secondary N) is 2. The maximum absolute atomic E-state index is 13.4. The molecule has 0 bridgehead atoms. The van der Waals surface area contributed by atoms with Crippen molar-refractivity contribution in [3.8, 4) is 0 Å². The lowest BCUT2D eigenvalue weighted by Gasteiger charge is -2.32. The predicted molar refractivity (Wildman–Crippen MR) is 119 cm³/mol. The number of nitrogens with zero attached hydrogens (tertiary/aromatic N) is 1. The highest BCUT2D eigenvalue weighted by Gasteiger charge is 2.52. The van der Waals surface area contributed by atoms with Gasteiger partial charge in [0, 0.05) is 30.7 Å². The Labute approximate surface area is 179 Å². The van der Waals surface area contributed by atoms with E-state index in [0.717, 1.165) is 44.0 Å². The van der Waals surface area contributed by atoms with Crippen molar-refractivity contribution in [1.29, 1.82) is 0 Å². The first-order valence-electron chi connectivity index (χ1n) is 10.9. The van der Waals surface area contributed by atoms with Crippen LogP contribution in [0.5, 0.6) is 0 Å². The summed E-state index contributed by atoms with van der Waals surface area (Å²) in [5, 5.41) is 3.40. The number of hydrogen-bond acceptors (Lipinski definition) is 3. The van der Waals surface area contributed by atoms with Gasteiger partial charge in [0.15, 0.2) is 0 Å². The smallest absolute Gasteiger partial charge is 0.230 e. The number of hydrogen-bond donors (Lipinski definition) is 2. The van der Waals surface area contributed by atoms with Crippen molar-refractivity contribution in [2.24, 2.45) is 5.92 Å². The lowest BCUT2D eigenvalue weighted by Crippen LogP contribution is -2.47. The Morgan fingerprint density at radius 1 is 1.13 bits per heavy atom. The highest BCUT2D eigenvalue weighted by atomic mass is 32.2. The van der Waals surface area contributed by atoms with Crippen molar-refractivity contribution in [3.63, 3.8) is 0 Å². The number of carbonyl (C=O) groups excluding carboxylic acids is 1. The van der Waals surface area contributed by atoms with Gasteiger partial charge in [0.05, 0.1) is 11.7 Å². The van der Waals surface area contributed by atoms with Gasteiger partial charge in [0.1, 0.15) is 0 Å². The van der Waals surface area contributed by atoms with E-state index in [1.54, 1.807) is 12.1 Å². The van der Waals surface area contributed by atoms with E-state index in [1.807, 2.05) is 24.3 Å². The summed E-state index contributed by atoms with van der Waals surface area (Å²) in [6, 6.07) is 11.4. The summed E-state index contributed by atoms with van der Waals surface area (Å²) >= 11 is 0. The van der Waals surface area contributed by atoms with E-state index < -0.39 is 15.4 Å². The van der Waals surface area contributed by atoms with Crippen LogP contribution in [0.3, 0.4) is 0 Å². The van der Waals surface area contributed by atoms with Crippen LogP contribution in [0.25, 0.3) is 0 Å². The third kappa shape index (κ3) is 4.89. The molecule has 4 rings (SSSR count). The first kappa shape index (κ1) is 21.0. The van der Waals surface area contributed by atoms with Gasteiger partial charge in [-0.3, -0.25) is 9.52 Å². The second kappa shape index (κ2) is 8.46. The molecule has 7 heteroatoms. The van der Waals surface area contributed by atoms with Crippen LogP contribution < -0.4 is 10.0 Å². The molecule has 0 aliphatic heterocycles. The Kier molecular flexibility index (Phi) is 5.91. The topological polar surface area (TPSA) is 80.2 Å². The maximum Gasteiger partial charge on any atom is 0.230 e. The summed E-state index contributed by atoms with van der Waals surface area (Å²) in [5.74, 6) is 0.570. The lowest BCUT2D eigenvalue weighted by atomic mass is 9.83. The average Bonchev–Trinajstić information content (AvgIpc) is 3.37. The molecule has 2 aliphatic carbocycles. The molecule has 1 aromatic heterocycles. The van der Waals surface area contributed by atoms with Crippen molar-refractivity contribution < 1.29 is 13.2 Å². The molecule has 6 nitrogen and oxygen atoms in total.